The van der Waals surface area contributed by atoms with Crippen LogP contribution in [0.3, 0.4) is 0 Å². The van der Waals surface area contributed by atoms with E-state index in [0.717, 1.165) is 25.0 Å². The van der Waals surface area contributed by atoms with Crippen molar-refractivity contribution in [2.45, 2.75) is 25.5 Å². The van der Waals surface area contributed by atoms with Crippen LogP contribution in [0.5, 0.6) is 5.75 Å². The summed E-state index contributed by atoms with van der Waals surface area (Å²) in [5.74, 6) is -0.118. The number of nitrogens with one attached hydrogen (secondary N) is 2. The van der Waals surface area contributed by atoms with Gasteiger partial charge in [0.1, 0.15) is 17.4 Å². The van der Waals surface area contributed by atoms with E-state index < -0.39 is 5.91 Å². The molecule has 3 rings (SSSR count). The van der Waals surface area contributed by atoms with Gasteiger partial charge in [-0.3, -0.25) is 9.59 Å². The second-order valence-corrected chi connectivity index (χ2v) is 7.13. The van der Waals surface area contributed by atoms with Gasteiger partial charge in [-0.25, -0.2) is 0 Å². The van der Waals surface area contributed by atoms with Crippen molar-refractivity contribution < 1.29 is 19.1 Å². The first-order valence-corrected chi connectivity index (χ1v) is 10.2. The summed E-state index contributed by atoms with van der Waals surface area (Å²) in [4.78, 5) is 24.2. The highest BCUT2D eigenvalue weighted by Crippen LogP contribution is 2.15. The lowest BCUT2D eigenvalue weighted by atomic mass is 10.1. The number of nitriles is 1. The number of ether oxygens (including phenoxy) is 2. The van der Waals surface area contributed by atoms with Crippen molar-refractivity contribution in [1.82, 2.24) is 10.6 Å². The molecule has 1 atom stereocenters. The third-order valence-electron chi connectivity index (χ3n) is 4.77. The SMILES string of the molecule is N#CC(=Cc1ccc(OCC(=O)NCC2CCCO2)cc1)C(=O)NCc1ccccc1. The number of nitrogens with zero attached hydrogens (tertiary/aromatic N) is 1. The Kier molecular flexibility index (Phi) is 8.21. The first kappa shape index (κ1) is 22.1. The maximum Gasteiger partial charge on any atom is 0.262 e. The predicted octanol–water partition coefficient (Wildman–Crippen LogP) is 2.58. The van der Waals surface area contributed by atoms with Gasteiger partial charge >= 0.3 is 0 Å². The van der Waals surface area contributed by atoms with Crippen LogP contribution in [0, 0.1) is 11.3 Å². The number of hydrogen-bond donors (Lipinski definition) is 2. The lowest BCUT2D eigenvalue weighted by molar-refractivity contribution is -0.123. The van der Waals surface area contributed by atoms with Crippen LogP contribution in [-0.2, 0) is 20.9 Å². The number of benzene rings is 2. The summed E-state index contributed by atoms with van der Waals surface area (Å²) >= 11 is 0. The van der Waals surface area contributed by atoms with E-state index in [4.69, 9.17) is 9.47 Å². The number of carbonyl (C=O) groups excluding carboxylic acids is 2. The average Bonchev–Trinajstić information content (AvgIpc) is 3.33. The summed E-state index contributed by atoms with van der Waals surface area (Å²) in [7, 11) is 0. The normalized spacial score (nSPS) is 15.7. The Bertz CT molecular complexity index is 943. The van der Waals surface area contributed by atoms with E-state index in [-0.39, 0.29) is 24.2 Å². The second kappa shape index (κ2) is 11.5. The molecule has 1 aliphatic heterocycles. The fraction of sp³-hybridized carbons (Fsp3) is 0.292. The molecule has 2 aromatic rings. The molecule has 0 aromatic heterocycles. The Morgan fingerprint density at radius 1 is 1.13 bits per heavy atom. The maximum atomic E-state index is 12.3. The quantitative estimate of drug-likeness (QED) is 0.481. The molecule has 0 bridgehead atoms. The monoisotopic (exact) mass is 419 g/mol. The van der Waals surface area contributed by atoms with Gasteiger partial charge < -0.3 is 20.1 Å². The fourth-order valence-electron chi connectivity index (χ4n) is 3.08. The van der Waals surface area contributed by atoms with Crippen molar-refractivity contribution >= 4 is 17.9 Å². The van der Waals surface area contributed by atoms with Crippen molar-refractivity contribution in [1.29, 1.82) is 5.26 Å². The van der Waals surface area contributed by atoms with Crippen LogP contribution in [-0.4, -0.2) is 37.7 Å². The summed E-state index contributed by atoms with van der Waals surface area (Å²) in [5.41, 5.74) is 1.65. The summed E-state index contributed by atoms with van der Waals surface area (Å²) in [5, 5.41) is 14.9. The van der Waals surface area contributed by atoms with Gasteiger partial charge in [-0.2, -0.15) is 5.26 Å². The Balaban J connectivity index is 1.47. The highest BCUT2D eigenvalue weighted by molar-refractivity contribution is 6.01. The Labute approximate surface area is 181 Å². The highest BCUT2D eigenvalue weighted by Gasteiger charge is 2.16. The number of amides is 2. The van der Waals surface area contributed by atoms with Crippen LogP contribution < -0.4 is 15.4 Å². The third kappa shape index (κ3) is 7.28. The largest absolute Gasteiger partial charge is 0.484 e. The molecule has 1 unspecified atom stereocenters. The number of rotatable bonds is 9. The summed E-state index contributed by atoms with van der Waals surface area (Å²) < 4.78 is 10.9. The minimum atomic E-state index is -0.436. The van der Waals surface area contributed by atoms with E-state index in [1.54, 1.807) is 24.3 Å². The van der Waals surface area contributed by atoms with Crippen LogP contribution in [0.1, 0.15) is 24.0 Å². The first-order valence-electron chi connectivity index (χ1n) is 10.2. The maximum absolute atomic E-state index is 12.3. The zero-order chi connectivity index (χ0) is 21.9. The van der Waals surface area contributed by atoms with Gasteiger partial charge in [-0.05, 0) is 42.2 Å². The van der Waals surface area contributed by atoms with Crippen molar-refractivity contribution in [3.8, 4) is 11.8 Å². The van der Waals surface area contributed by atoms with Gasteiger partial charge in [-0.15, -0.1) is 0 Å². The number of carbonyl (C=O) groups is 2. The molecule has 31 heavy (non-hydrogen) atoms. The smallest absolute Gasteiger partial charge is 0.262 e. The summed E-state index contributed by atoms with van der Waals surface area (Å²) in [6.45, 7) is 1.50. The zero-order valence-electron chi connectivity index (χ0n) is 17.2. The minimum absolute atomic E-state index is 0.0121. The second-order valence-electron chi connectivity index (χ2n) is 7.13. The molecule has 2 amide bonds. The van der Waals surface area contributed by atoms with Crippen LogP contribution >= 0.6 is 0 Å². The van der Waals surface area contributed by atoms with E-state index in [0.29, 0.717) is 24.4 Å². The lowest BCUT2D eigenvalue weighted by Crippen LogP contribution is -2.35. The van der Waals surface area contributed by atoms with Crippen LogP contribution in [0.2, 0.25) is 0 Å². The molecule has 0 radical (unpaired) electrons. The van der Waals surface area contributed by atoms with Gasteiger partial charge in [0.2, 0.25) is 0 Å². The minimum Gasteiger partial charge on any atom is -0.484 e. The Morgan fingerprint density at radius 3 is 2.58 bits per heavy atom. The van der Waals surface area contributed by atoms with Crippen LogP contribution in [0.15, 0.2) is 60.2 Å². The fourth-order valence-corrected chi connectivity index (χ4v) is 3.08. The van der Waals surface area contributed by atoms with Crippen molar-refractivity contribution in [2.24, 2.45) is 0 Å². The molecule has 1 heterocycles. The van der Waals surface area contributed by atoms with Crippen molar-refractivity contribution in [2.75, 3.05) is 19.8 Å². The van der Waals surface area contributed by atoms with Gasteiger partial charge in [0.05, 0.1) is 6.10 Å². The highest BCUT2D eigenvalue weighted by atomic mass is 16.5. The molecule has 7 nitrogen and oxygen atoms in total. The van der Waals surface area contributed by atoms with E-state index in [2.05, 4.69) is 10.6 Å². The van der Waals surface area contributed by atoms with Gasteiger partial charge in [0.25, 0.3) is 11.8 Å². The van der Waals surface area contributed by atoms with E-state index in [1.165, 1.54) is 6.08 Å². The molecule has 1 fully saturated rings. The molecule has 0 saturated carbocycles. The first-order chi connectivity index (χ1) is 15.1. The van der Waals surface area contributed by atoms with E-state index in [9.17, 15) is 14.9 Å². The van der Waals surface area contributed by atoms with Crippen molar-refractivity contribution in [3.05, 3.63) is 71.3 Å². The molecule has 7 heteroatoms. The zero-order valence-corrected chi connectivity index (χ0v) is 17.2. The summed E-state index contributed by atoms with van der Waals surface area (Å²) in [6, 6.07) is 18.2. The predicted molar refractivity (Wildman–Crippen MR) is 116 cm³/mol. The third-order valence-corrected chi connectivity index (χ3v) is 4.77. The molecular weight excluding hydrogens is 394 g/mol. The topological polar surface area (TPSA) is 100 Å². The standard InChI is InChI=1S/C24H25N3O4/c25-14-20(24(29)27-15-19-5-2-1-3-6-19)13-18-8-10-21(11-9-18)31-17-23(28)26-16-22-7-4-12-30-22/h1-3,5-6,8-11,13,22H,4,7,12,15-17H2,(H,26,28)(H,27,29). The Hall–Kier alpha value is -3.63. The molecule has 2 N–H and O–H groups in total. The van der Waals surface area contributed by atoms with Crippen molar-refractivity contribution in [3.63, 3.8) is 0 Å². The van der Waals surface area contributed by atoms with Gasteiger partial charge in [0.15, 0.2) is 6.61 Å². The van der Waals surface area contributed by atoms with E-state index in [1.807, 2.05) is 36.4 Å². The summed E-state index contributed by atoms with van der Waals surface area (Å²) in [6.07, 6.45) is 3.60. The van der Waals surface area contributed by atoms with Gasteiger partial charge in [0, 0.05) is 19.7 Å². The molecule has 2 aromatic carbocycles. The molecule has 0 aliphatic carbocycles. The van der Waals surface area contributed by atoms with Crippen LogP contribution in [0.4, 0.5) is 0 Å². The molecule has 1 aliphatic rings. The number of hydrogen-bond acceptors (Lipinski definition) is 5. The average molecular weight is 419 g/mol. The van der Waals surface area contributed by atoms with Gasteiger partial charge in [-0.1, -0.05) is 42.5 Å². The molecule has 0 spiro atoms. The molecular formula is C24H25N3O4. The Morgan fingerprint density at radius 2 is 1.90 bits per heavy atom. The lowest BCUT2D eigenvalue weighted by Gasteiger charge is -2.11. The molecule has 160 valence electrons. The van der Waals surface area contributed by atoms with Crippen LogP contribution in [0.25, 0.3) is 6.08 Å². The van der Waals surface area contributed by atoms with E-state index >= 15 is 0 Å². The molecule has 1 saturated heterocycles.